The van der Waals surface area contributed by atoms with E-state index in [1.165, 1.54) is 0 Å². The third-order valence-electron chi connectivity index (χ3n) is 0. The molecule has 0 aliphatic heterocycles. The van der Waals surface area contributed by atoms with Crippen LogP contribution in [0.3, 0.4) is 0 Å². The Labute approximate surface area is 58.3 Å². The van der Waals surface area contributed by atoms with Crippen molar-refractivity contribution >= 4 is 0 Å². The number of hydrogen-bond donors (Lipinski definition) is 0. The molecule has 0 atom stereocenters. The van der Waals surface area contributed by atoms with E-state index in [1.807, 2.05) is 0 Å². The minimum absolute atomic E-state index is 0. The fourth-order valence-electron chi connectivity index (χ4n) is 0. The van der Waals surface area contributed by atoms with Crippen molar-refractivity contribution < 1.29 is 50.9 Å². The molecule has 0 aromatic rings. The van der Waals surface area contributed by atoms with Crippen molar-refractivity contribution in [3.8, 4) is 0 Å². The second kappa shape index (κ2) is 23.9. The Kier molecular flexibility index (Phi) is 287. The van der Waals surface area contributed by atoms with Crippen molar-refractivity contribution in [1.29, 1.82) is 0 Å². The Hall–Kier alpha value is 1.55. The molecule has 3 heteroatoms. The molecule has 0 aliphatic rings. The first-order chi connectivity index (χ1) is 0. The van der Waals surface area contributed by atoms with E-state index in [4.69, 9.17) is 0 Å². The molecule has 0 N–H and O–H groups in total. The summed E-state index contributed by atoms with van der Waals surface area (Å²) in [4.78, 5) is 0. The first kappa shape index (κ1) is 48.0. The Morgan fingerprint density at radius 1 is 1.00 bits per heavy atom. The van der Waals surface area contributed by atoms with E-state index in [1.54, 1.807) is 0 Å². The fraction of sp³-hybridized carbons (Fsp3) is 0. The van der Waals surface area contributed by atoms with Crippen LogP contribution in [-0.2, 0) is 50.9 Å². The zero-order valence-electron chi connectivity index (χ0n) is 1.58. The second-order valence-corrected chi connectivity index (χ2v) is 0. The summed E-state index contributed by atoms with van der Waals surface area (Å²) in [7, 11) is 0. The van der Waals surface area contributed by atoms with Crippen LogP contribution in [0.5, 0.6) is 0 Å². The maximum Gasteiger partial charge on any atom is 0 e. The molecule has 0 aliphatic carbocycles. The maximum absolute atomic E-state index is 0. The van der Waals surface area contributed by atoms with Crippen LogP contribution in [0.25, 0.3) is 0 Å². The molecule has 0 spiro atoms. The van der Waals surface area contributed by atoms with Gasteiger partial charge in [-0.2, -0.15) is 0 Å². The van der Waals surface area contributed by atoms with Crippen molar-refractivity contribution in [3.63, 3.8) is 0 Å². The quantitative estimate of drug-likeness (QED) is 0.461. The molecule has 0 aromatic heterocycles. The molecule has 0 rings (SSSR count). The Morgan fingerprint density at radius 3 is 1.00 bits per heavy atom. The van der Waals surface area contributed by atoms with Gasteiger partial charge in [0.1, 0.15) is 0 Å². The van der Waals surface area contributed by atoms with Gasteiger partial charge in [0.15, 0.2) is 0 Å². The van der Waals surface area contributed by atoms with Gasteiger partial charge in [0.25, 0.3) is 0 Å². The van der Waals surface area contributed by atoms with Gasteiger partial charge in [-0.1, -0.05) is 0 Å². The summed E-state index contributed by atoms with van der Waals surface area (Å²) in [5.41, 5.74) is 0. The molecule has 0 saturated carbocycles. The van der Waals surface area contributed by atoms with Crippen LogP contribution in [0, 0.1) is 7.43 Å². The van der Waals surface area contributed by atoms with Crippen LogP contribution < -0.4 is 0 Å². The van der Waals surface area contributed by atoms with Crippen molar-refractivity contribution in [3.05, 3.63) is 7.43 Å². The van der Waals surface area contributed by atoms with Gasteiger partial charge < -0.3 is 0 Å². The summed E-state index contributed by atoms with van der Waals surface area (Å²) in [5.74, 6) is 0. The van der Waals surface area contributed by atoms with E-state index in [9.17, 15) is 0 Å². The molecule has 0 unspecified atom stereocenters. The van der Waals surface area contributed by atoms with Crippen LogP contribution in [0.1, 0.15) is 0 Å². The van der Waals surface area contributed by atoms with E-state index < -0.39 is 0 Å². The van der Waals surface area contributed by atoms with Crippen LogP contribution in [0.2, 0.25) is 0 Å². The molecule has 0 heterocycles. The molecule has 0 fully saturated rings. The Balaban J connectivity index is 0. The normalized spacial score (nSPS) is 0. The Morgan fingerprint density at radius 2 is 1.00 bits per heavy atom. The molecule has 0 bridgehead atoms. The predicted octanol–water partition coefficient (Wildman–Crippen LogP) is 0.0738. The van der Waals surface area contributed by atoms with Gasteiger partial charge in [0.05, 0.1) is 0 Å². The van der Waals surface area contributed by atoms with Crippen LogP contribution in [-0.4, -0.2) is 0 Å². The average Bonchev–Trinajstić information content (AvgIpc) is 0. The van der Waals surface area contributed by atoms with Crippen LogP contribution >= 0.6 is 0 Å². The predicted molar refractivity (Wildman–Crippen MR) is 3.24 cm³/mol. The second-order valence-electron chi connectivity index (χ2n) is 0. The molecule has 4 heavy (non-hydrogen) atoms. The SMILES string of the molecule is [C].[Cr].[Fe].[Ni]. The van der Waals surface area contributed by atoms with Gasteiger partial charge in [-0.3, -0.25) is 0 Å². The molecule has 4 radical (unpaired) electrons. The molecule has 28 valence electrons. The fourth-order valence-corrected chi connectivity index (χ4v) is 0. The third kappa shape index (κ3) is 9.62. The maximum atomic E-state index is 0. The molecule has 0 nitrogen and oxygen atoms in total. The first-order valence-electron chi connectivity index (χ1n) is 0. The van der Waals surface area contributed by atoms with Gasteiger partial charge in [0, 0.05) is 58.3 Å². The van der Waals surface area contributed by atoms with E-state index >= 15 is 0 Å². The summed E-state index contributed by atoms with van der Waals surface area (Å²) in [5, 5.41) is 0. The van der Waals surface area contributed by atoms with E-state index in [2.05, 4.69) is 0 Å². The Bertz CT molecular complexity index is 8.00. The number of hydrogen-bond acceptors (Lipinski definition) is 0. The van der Waals surface area contributed by atoms with Gasteiger partial charge in [-0.05, 0) is 0 Å². The van der Waals surface area contributed by atoms with Gasteiger partial charge in [-0.15, -0.1) is 0 Å². The van der Waals surface area contributed by atoms with Crippen molar-refractivity contribution in [2.45, 2.75) is 0 Å². The largest absolute Gasteiger partial charge is 0 e. The minimum atomic E-state index is 0. The summed E-state index contributed by atoms with van der Waals surface area (Å²) in [6.45, 7) is 0. The van der Waals surface area contributed by atoms with Crippen LogP contribution in [0.4, 0.5) is 0 Å². The molecular weight excluding hydrogens is 179 g/mol. The summed E-state index contributed by atoms with van der Waals surface area (Å²) >= 11 is 0. The molecular formula is CCrFeNi. The smallest absolute Gasteiger partial charge is 0 e. The summed E-state index contributed by atoms with van der Waals surface area (Å²) < 4.78 is 0. The first-order valence-corrected chi connectivity index (χ1v) is 0. The van der Waals surface area contributed by atoms with Gasteiger partial charge >= 0.3 is 0 Å². The molecule has 0 aromatic carbocycles. The van der Waals surface area contributed by atoms with Crippen LogP contribution in [0.15, 0.2) is 0 Å². The van der Waals surface area contributed by atoms with Crippen molar-refractivity contribution in [1.82, 2.24) is 0 Å². The van der Waals surface area contributed by atoms with Crippen molar-refractivity contribution in [2.75, 3.05) is 0 Å². The zero-order chi connectivity index (χ0) is 0. The summed E-state index contributed by atoms with van der Waals surface area (Å²) in [6.07, 6.45) is 0. The molecule has 0 amide bonds. The monoisotopic (exact) mass is 178 g/mol. The van der Waals surface area contributed by atoms with E-state index in [0.717, 1.165) is 0 Å². The van der Waals surface area contributed by atoms with Gasteiger partial charge in [0.2, 0.25) is 0 Å². The molecule has 0 saturated heterocycles. The zero-order valence-corrected chi connectivity index (χ0v) is 4.94. The number of rotatable bonds is 0. The topological polar surface area (TPSA) is 0 Å². The van der Waals surface area contributed by atoms with Crippen molar-refractivity contribution in [2.24, 2.45) is 0 Å². The van der Waals surface area contributed by atoms with E-state index in [-0.39, 0.29) is 58.3 Å². The summed E-state index contributed by atoms with van der Waals surface area (Å²) in [6, 6.07) is 0. The average molecular weight is 179 g/mol. The minimum Gasteiger partial charge on any atom is 0 e. The van der Waals surface area contributed by atoms with Gasteiger partial charge in [-0.25, -0.2) is 0 Å². The standard InChI is InChI=1S/C.Cr.Fe.Ni. The van der Waals surface area contributed by atoms with E-state index in [0.29, 0.717) is 0 Å². The third-order valence-corrected chi connectivity index (χ3v) is 0.